The van der Waals surface area contributed by atoms with Crippen LogP contribution in [0.5, 0.6) is 5.75 Å². The first-order valence-electron chi connectivity index (χ1n) is 13.5. The normalized spacial score (nSPS) is 18.1. The number of aliphatic hydroxyl groups excluding tert-OH is 1. The van der Waals surface area contributed by atoms with E-state index < -0.39 is 6.10 Å². The number of anilines is 1. The van der Waals surface area contributed by atoms with Gasteiger partial charge in [-0.05, 0) is 49.4 Å². The van der Waals surface area contributed by atoms with E-state index in [1.165, 1.54) is 12.7 Å². The van der Waals surface area contributed by atoms with Crippen molar-refractivity contribution in [2.24, 2.45) is 0 Å². The standard InChI is InChI=1S/C28H35N7O5/c1-17-26(40-16-33-17)14-39-22-4-3-19-10-23(29-12-20(19)9-22)25(37)13-30-28(38)24-11-27(32-15-31-24)34-21-5-7-35(8-6-21)18(2)36/h3-4,9,11,15-16,21,23,25,29,37H,5-8,10,12-14H2,1-2H3,(H,30,38)(H,31,32,34)/t23-,25+/m0/s1. The number of carbonyl (C=O) groups is 2. The molecule has 1 saturated heterocycles. The van der Waals surface area contributed by atoms with Crippen molar-refractivity contribution in [2.45, 2.75) is 64.4 Å². The Balaban J connectivity index is 1.09. The summed E-state index contributed by atoms with van der Waals surface area (Å²) in [6.07, 6.45) is 4.22. The minimum Gasteiger partial charge on any atom is -0.486 e. The molecule has 2 aromatic heterocycles. The largest absolute Gasteiger partial charge is 0.486 e. The third-order valence-corrected chi connectivity index (χ3v) is 7.52. The minimum absolute atomic E-state index is 0.0832. The van der Waals surface area contributed by atoms with E-state index >= 15 is 0 Å². The van der Waals surface area contributed by atoms with Crippen LogP contribution in [0.1, 0.15) is 52.8 Å². The lowest BCUT2D eigenvalue weighted by molar-refractivity contribution is -0.129. The second-order valence-electron chi connectivity index (χ2n) is 10.3. The second-order valence-corrected chi connectivity index (χ2v) is 10.3. The van der Waals surface area contributed by atoms with Gasteiger partial charge >= 0.3 is 0 Å². The van der Waals surface area contributed by atoms with Crippen molar-refractivity contribution in [3.05, 3.63) is 65.3 Å². The van der Waals surface area contributed by atoms with Gasteiger partial charge in [-0.3, -0.25) is 9.59 Å². The van der Waals surface area contributed by atoms with Crippen LogP contribution in [0.4, 0.5) is 5.82 Å². The summed E-state index contributed by atoms with van der Waals surface area (Å²) in [6, 6.07) is 7.48. The fourth-order valence-electron chi connectivity index (χ4n) is 5.03. The molecule has 12 nitrogen and oxygen atoms in total. The van der Waals surface area contributed by atoms with Crippen LogP contribution in [0.3, 0.4) is 0 Å². The van der Waals surface area contributed by atoms with Gasteiger partial charge in [0, 0.05) is 51.3 Å². The van der Waals surface area contributed by atoms with Crippen LogP contribution in [0.15, 0.2) is 41.4 Å². The van der Waals surface area contributed by atoms with Gasteiger partial charge in [0.15, 0.2) is 12.2 Å². The second kappa shape index (κ2) is 12.4. The van der Waals surface area contributed by atoms with Crippen molar-refractivity contribution in [1.29, 1.82) is 0 Å². The Morgan fingerprint density at radius 3 is 2.77 bits per heavy atom. The average Bonchev–Trinajstić information content (AvgIpc) is 3.39. The highest BCUT2D eigenvalue weighted by atomic mass is 16.5. The topological polar surface area (TPSA) is 155 Å². The molecule has 2 aliphatic rings. The maximum Gasteiger partial charge on any atom is 0.270 e. The first-order valence-corrected chi connectivity index (χ1v) is 13.5. The van der Waals surface area contributed by atoms with E-state index in [4.69, 9.17) is 9.15 Å². The lowest BCUT2D eigenvalue weighted by Gasteiger charge is -2.32. The molecule has 5 rings (SSSR count). The van der Waals surface area contributed by atoms with Crippen LogP contribution < -0.4 is 20.7 Å². The summed E-state index contributed by atoms with van der Waals surface area (Å²) in [4.78, 5) is 38.5. The van der Waals surface area contributed by atoms with Crippen LogP contribution >= 0.6 is 0 Å². The summed E-state index contributed by atoms with van der Waals surface area (Å²) in [7, 11) is 0. The number of aryl methyl sites for hydroxylation is 1. The zero-order valence-corrected chi connectivity index (χ0v) is 22.7. The maximum atomic E-state index is 12.8. The lowest BCUT2D eigenvalue weighted by atomic mass is 9.92. The van der Waals surface area contributed by atoms with Gasteiger partial charge in [-0.2, -0.15) is 0 Å². The smallest absolute Gasteiger partial charge is 0.270 e. The molecule has 212 valence electrons. The van der Waals surface area contributed by atoms with Crippen molar-refractivity contribution in [3.8, 4) is 5.75 Å². The molecule has 0 aliphatic carbocycles. The first-order chi connectivity index (χ1) is 19.4. The monoisotopic (exact) mass is 549 g/mol. The number of amides is 2. The number of hydrogen-bond donors (Lipinski definition) is 4. The number of fused-ring (bicyclic) bond motifs is 1. The number of piperidine rings is 1. The number of benzene rings is 1. The van der Waals surface area contributed by atoms with Crippen LogP contribution in [0.25, 0.3) is 0 Å². The van der Waals surface area contributed by atoms with E-state index in [2.05, 4.69) is 30.9 Å². The number of carbonyl (C=O) groups excluding carboxylic acids is 2. The molecule has 2 atom stereocenters. The molecular weight excluding hydrogens is 514 g/mol. The number of nitrogens with one attached hydrogen (secondary N) is 3. The van der Waals surface area contributed by atoms with E-state index in [1.807, 2.05) is 30.0 Å². The third kappa shape index (κ3) is 6.75. The van der Waals surface area contributed by atoms with Gasteiger partial charge in [-0.15, -0.1) is 0 Å². The van der Waals surface area contributed by atoms with E-state index in [0.717, 1.165) is 35.4 Å². The van der Waals surface area contributed by atoms with Crippen LogP contribution in [-0.4, -0.2) is 74.6 Å². The van der Waals surface area contributed by atoms with Crippen LogP contribution in [0, 0.1) is 6.92 Å². The van der Waals surface area contributed by atoms with Crippen molar-refractivity contribution in [2.75, 3.05) is 25.0 Å². The molecule has 0 radical (unpaired) electrons. The summed E-state index contributed by atoms with van der Waals surface area (Å²) in [5.74, 6) is 1.70. The van der Waals surface area contributed by atoms with Crippen molar-refractivity contribution >= 4 is 17.6 Å². The summed E-state index contributed by atoms with van der Waals surface area (Å²) in [6.45, 7) is 5.82. The van der Waals surface area contributed by atoms with Crippen molar-refractivity contribution in [3.63, 3.8) is 0 Å². The molecule has 2 amide bonds. The highest BCUT2D eigenvalue weighted by molar-refractivity contribution is 5.92. The number of nitrogens with zero attached hydrogens (tertiary/aromatic N) is 4. The number of hydrogen-bond acceptors (Lipinski definition) is 10. The van der Waals surface area contributed by atoms with Gasteiger partial charge in [0.25, 0.3) is 5.91 Å². The molecule has 40 heavy (non-hydrogen) atoms. The Morgan fingerprint density at radius 2 is 2.02 bits per heavy atom. The zero-order valence-electron chi connectivity index (χ0n) is 22.7. The molecule has 3 aromatic rings. The molecule has 2 aliphatic heterocycles. The quantitative estimate of drug-likeness (QED) is 0.309. The fourth-order valence-corrected chi connectivity index (χ4v) is 5.03. The molecule has 0 saturated carbocycles. The Bertz CT molecular complexity index is 1340. The number of ether oxygens (including phenoxy) is 1. The molecular formula is C28H35N7O5. The van der Waals surface area contributed by atoms with Gasteiger partial charge in [0.2, 0.25) is 5.91 Å². The molecule has 0 bridgehead atoms. The SMILES string of the molecule is CC(=O)N1CCC(Nc2cc(C(=O)NC[C@@H](O)[C@@H]3Cc4ccc(OCc5ocnc5C)cc4CN3)ncn2)CC1. The number of likely N-dealkylation sites (tertiary alicyclic amines) is 1. The average molecular weight is 550 g/mol. The third-order valence-electron chi connectivity index (χ3n) is 7.52. The van der Waals surface area contributed by atoms with Gasteiger partial charge in [0.1, 0.15) is 30.2 Å². The minimum atomic E-state index is -0.784. The van der Waals surface area contributed by atoms with Gasteiger partial charge in [0.05, 0.1) is 11.8 Å². The number of aromatic nitrogens is 3. The lowest BCUT2D eigenvalue weighted by Crippen LogP contribution is -2.49. The zero-order chi connectivity index (χ0) is 28.1. The van der Waals surface area contributed by atoms with Gasteiger partial charge in [-0.1, -0.05) is 6.07 Å². The predicted octanol–water partition coefficient (Wildman–Crippen LogP) is 1.58. The predicted molar refractivity (Wildman–Crippen MR) is 146 cm³/mol. The summed E-state index contributed by atoms with van der Waals surface area (Å²) < 4.78 is 11.2. The fraction of sp³-hybridized carbons (Fsp3) is 0.464. The number of aliphatic hydroxyl groups is 1. The Morgan fingerprint density at radius 1 is 1.20 bits per heavy atom. The van der Waals surface area contributed by atoms with E-state index in [0.29, 0.717) is 44.2 Å². The highest BCUT2D eigenvalue weighted by Crippen LogP contribution is 2.24. The van der Waals surface area contributed by atoms with Crippen LogP contribution in [0.2, 0.25) is 0 Å². The van der Waals surface area contributed by atoms with Crippen molar-refractivity contribution in [1.82, 2.24) is 30.5 Å². The molecule has 4 heterocycles. The Hall–Kier alpha value is -4.03. The summed E-state index contributed by atoms with van der Waals surface area (Å²) in [5.41, 5.74) is 3.26. The Labute approximate surface area is 232 Å². The summed E-state index contributed by atoms with van der Waals surface area (Å²) in [5, 5.41) is 20.3. The van der Waals surface area contributed by atoms with E-state index in [1.54, 1.807) is 13.0 Å². The Kier molecular flexibility index (Phi) is 8.56. The highest BCUT2D eigenvalue weighted by Gasteiger charge is 2.26. The molecule has 1 aromatic carbocycles. The summed E-state index contributed by atoms with van der Waals surface area (Å²) >= 11 is 0. The molecule has 1 fully saturated rings. The van der Waals surface area contributed by atoms with Gasteiger partial charge < -0.3 is 35.1 Å². The first kappa shape index (κ1) is 27.5. The maximum absolute atomic E-state index is 12.8. The van der Waals surface area contributed by atoms with Crippen molar-refractivity contribution < 1.29 is 23.8 Å². The number of rotatable bonds is 9. The van der Waals surface area contributed by atoms with E-state index in [-0.39, 0.29) is 36.1 Å². The number of oxazole rings is 1. The van der Waals surface area contributed by atoms with E-state index in [9.17, 15) is 14.7 Å². The molecule has 0 spiro atoms. The molecule has 4 N–H and O–H groups in total. The molecule has 12 heteroatoms. The molecule has 0 unspecified atom stereocenters. The van der Waals surface area contributed by atoms with Gasteiger partial charge in [-0.25, -0.2) is 15.0 Å². The van der Waals surface area contributed by atoms with Crippen LogP contribution in [-0.2, 0) is 24.4 Å².